The second kappa shape index (κ2) is 4.71. The Morgan fingerprint density at radius 3 is 2.44 bits per heavy atom. The molecular formula is C15H20FNO. The molecule has 0 bridgehead atoms. The molecule has 0 saturated heterocycles. The van der Waals surface area contributed by atoms with Crippen molar-refractivity contribution in [1.29, 1.82) is 0 Å². The second-order valence-electron chi connectivity index (χ2n) is 5.17. The number of primary amides is 1. The van der Waals surface area contributed by atoms with Gasteiger partial charge < -0.3 is 5.73 Å². The molecule has 0 spiro atoms. The maximum atomic E-state index is 15.6. The van der Waals surface area contributed by atoms with E-state index in [-0.39, 0.29) is 0 Å². The van der Waals surface area contributed by atoms with E-state index in [4.69, 9.17) is 5.73 Å². The Morgan fingerprint density at radius 1 is 1.28 bits per heavy atom. The summed E-state index contributed by atoms with van der Waals surface area (Å²) in [6.07, 6.45) is 3.06. The highest BCUT2D eigenvalue weighted by Crippen LogP contribution is 2.55. The predicted octanol–water partition coefficient (Wildman–Crippen LogP) is 3.31. The number of halogens is 1. The normalized spacial score (nSPS) is 32.1. The Bertz CT molecular complexity index is 433. The van der Waals surface area contributed by atoms with Crippen LogP contribution in [-0.4, -0.2) is 5.91 Å². The third kappa shape index (κ3) is 1.73. The zero-order valence-electron chi connectivity index (χ0n) is 10.8. The number of benzene rings is 1. The summed E-state index contributed by atoms with van der Waals surface area (Å²) in [6, 6.07) is 9.00. The SMILES string of the molecule is CCC1(C(N)=O)CCCCC1(F)c1ccccc1. The van der Waals surface area contributed by atoms with Crippen LogP contribution in [0.3, 0.4) is 0 Å². The van der Waals surface area contributed by atoms with E-state index < -0.39 is 17.0 Å². The number of carbonyl (C=O) groups excluding carboxylic acids is 1. The van der Waals surface area contributed by atoms with Gasteiger partial charge in [-0.25, -0.2) is 4.39 Å². The van der Waals surface area contributed by atoms with E-state index in [0.29, 0.717) is 24.8 Å². The highest BCUT2D eigenvalue weighted by atomic mass is 19.1. The molecule has 1 saturated carbocycles. The third-order valence-electron chi connectivity index (χ3n) is 4.44. The van der Waals surface area contributed by atoms with Gasteiger partial charge in [0.25, 0.3) is 0 Å². The molecule has 1 aliphatic rings. The zero-order chi connectivity index (χ0) is 13.2. The van der Waals surface area contributed by atoms with E-state index in [1.54, 1.807) is 12.1 Å². The van der Waals surface area contributed by atoms with Crippen LogP contribution in [0.5, 0.6) is 0 Å². The molecule has 2 atom stereocenters. The van der Waals surface area contributed by atoms with Gasteiger partial charge in [-0.15, -0.1) is 0 Å². The second-order valence-corrected chi connectivity index (χ2v) is 5.17. The molecule has 3 heteroatoms. The molecule has 1 aromatic rings. The lowest BCUT2D eigenvalue weighted by Crippen LogP contribution is -2.53. The molecule has 1 aromatic carbocycles. The first kappa shape index (κ1) is 13.1. The molecule has 2 unspecified atom stereocenters. The Hall–Kier alpha value is -1.38. The maximum Gasteiger partial charge on any atom is 0.227 e. The Morgan fingerprint density at radius 2 is 1.89 bits per heavy atom. The topological polar surface area (TPSA) is 43.1 Å². The summed E-state index contributed by atoms with van der Waals surface area (Å²) in [5.74, 6) is -0.504. The Kier molecular flexibility index (Phi) is 3.42. The van der Waals surface area contributed by atoms with E-state index in [1.165, 1.54) is 0 Å². The molecule has 2 N–H and O–H groups in total. The highest BCUT2D eigenvalue weighted by Gasteiger charge is 2.57. The molecule has 1 fully saturated rings. The van der Waals surface area contributed by atoms with Crippen LogP contribution in [0.1, 0.15) is 44.6 Å². The number of carbonyl (C=O) groups is 1. The van der Waals surface area contributed by atoms with E-state index in [0.717, 1.165) is 12.8 Å². The number of hydrogen-bond acceptors (Lipinski definition) is 1. The van der Waals surface area contributed by atoms with Crippen molar-refractivity contribution in [2.75, 3.05) is 0 Å². The van der Waals surface area contributed by atoms with Gasteiger partial charge in [0.2, 0.25) is 5.91 Å². The van der Waals surface area contributed by atoms with Gasteiger partial charge in [-0.05, 0) is 31.2 Å². The van der Waals surface area contributed by atoms with Crippen molar-refractivity contribution >= 4 is 5.91 Å². The predicted molar refractivity (Wildman–Crippen MR) is 69.6 cm³/mol. The average molecular weight is 249 g/mol. The standard InChI is InChI=1S/C15H20FNO/c1-2-14(13(17)18)10-6-7-11-15(14,16)12-8-4-3-5-9-12/h3-5,8-9H,2,6-7,10-11H2,1H3,(H2,17,18). The summed E-state index contributed by atoms with van der Waals surface area (Å²) < 4.78 is 15.6. The Labute approximate surface area is 107 Å². The summed E-state index contributed by atoms with van der Waals surface area (Å²) in [6.45, 7) is 1.85. The van der Waals surface area contributed by atoms with Crippen molar-refractivity contribution in [1.82, 2.24) is 0 Å². The lowest BCUT2D eigenvalue weighted by atomic mass is 9.60. The van der Waals surface area contributed by atoms with Crippen LogP contribution < -0.4 is 5.73 Å². The van der Waals surface area contributed by atoms with Gasteiger partial charge in [0.05, 0.1) is 5.41 Å². The van der Waals surface area contributed by atoms with Gasteiger partial charge in [0.15, 0.2) is 0 Å². The van der Waals surface area contributed by atoms with Crippen LogP contribution in [-0.2, 0) is 10.5 Å². The average Bonchev–Trinajstić information content (AvgIpc) is 2.40. The van der Waals surface area contributed by atoms with Crippen LogP contribution in [0.2, 0.25) is 0 Å². The summed E-state index contributed by atoms with van der Waals surface area (Å²) in [5, 5.41) is 0. The molecule has 98 valence electrons. The zero-order valence-corrected chi connectivity index (χ0v) is 10.8. The molecule has 0 heterocycles. The van der Waals surface area contributed by atoms with Crippen molar-refractivity contribution in [2.24, 2.45) is 11.1 Å². The summed E-state index contributed by atoms with van der Waals surface area (Å²) in [4.78, 5) is 11.9. The first-order valence-electron chi connectivity index (χ1n) is 6.61. The van der Waals surface area contributed by atoms with Gasteiger partial charge in [0.1, 0.15) is 5.67 Å². The molecule has 0 aliphatic heterocycles. The summed E-state index contributed by atoms with van der Waals surface area (Å²) in [5.41, 5.74) is 3.47. The summed E-state index contributed by atoms with van der Waals surface area (Å²) >= 11 is 0. The van der Waals surface area contributed by atoms with E-state index in [9.17, 15) is 4.79 Å². The van der Waals surface area contributed by atoms with Gasteiger partial charge in [-0.3, -0.25) is 4.79 Å². The largest absolute Gasteiger partial charge is 0.369 e. The fourth-order valence-electron chi connectivity index (χ4n) is 3.31. The monoisotopic (exact) mass is 249 g/mol. The molecule has 0 radical (unpaired) electrons. The fourth-order valence-corrected chi connectivity index (χ4v) is 3.31. The van der Waals surface area contributed by atoms with Crippen molar-refractivity contribution in [2.45, 2.75) is 44.7 Å². The first-order valence-corrected chi connectivity index (χ1v) is 6.61. The number of rotatable bonds is 3. The smallest absolute Gasteiger partial charge is 0.227 e. The van der Waals surface area contributed by atoms with Crippen LogP contribution in [0.25, 0.3) is 0 Å². The number of alkyl halides is 1. The van der Waals surface area contributed by atoms with Crippen LogP contribution >= 0.6 is 0 Å². The van der Waals surface area contributed by atoms with Crippen molar-refractivity contribution in [3.63, 3.8) is 0 Å². The van der Waals surface area contributed by atoms with E-state index >= 15 is 4.39 Å². The minimum absolute atomic E-state index is 0.383. The lowest BCUT2D eigenvalue weighted by Gasteiger charge is -2.46. The third-order valence-corrected chi connectivity index (χ3v) is 4.44. The molecule has 2 rings (SSSR count). The molecule has 1 amide bonds. The van der Waals surface area contributed by atoms with E-state index in [1.807, 2.05) is 25.1 Å². The maximum absolute atomic E-state index is 15.6. The van der Waals surface area contributed by atoms with Crippen molar-refractivity contribution in [3.05, 3.63) is 35.9 Å². The fraction of sp³-hybridized carbons (Fsp3) is 0.533. The van der Waals surface area contributed by atoms with Gasteiger partial charge in [-0.2, -0.15) is 0 Å². The number of amides is 1. The Balaban J connectivity index is 2.53. The van der Waals surface area contributed by atoms with Crippen molar-refractivity contribution in [3.8, 4) is 0 Å². The molecular weight excluding hydrogens is 229 g/mol. The molecule has 1 aliphatic carbocycles. The lowest BCUT2D eigenvalue weighted by molar-refractivity contribution is -0.145. The van der Waals surface area contributed by atoms with Crippen LogP contribution in [0, 0.1) is 5.41 Å². The number of hydrogen-bond donors (Lipinski definition) is 1. The van der Waals surface area contributed by atoms with Gasteiger partial charge in [0, 0.05) is 0 Å². The summed E-state index contributed by atoms with van der Waals surface area (Å²) in [7, 11) is 0. The minimum atomic E-state index is -1.62. The van der Waals surface area contributed by atoms with Crippen molar-refractivity contribution < 1.29 is 9.18 Å². The van der Waals surface area contributed by atoms with Gasteiger partial charge >= 0.3 is 0 Å². The number of nitrogens with two attached hydrogens (primary N) is 1. The van der Waals surface area contributed by atoms with E-state index in [2.05, 4.69) is 0 Å². The van der Waals surface area contributed by atoms with Crippen LogP contribution in [0.4, 0.5) is 4.39 Å². The van der Waals surface area contributed by atoms with Gasteiger partial charge in [-0.1, -0.05) is 43.7 Å². The molecule has 0 aromatic heterocycles. The molecule has 18 heavy (non-hydrogen) atoms. The quantitative estimate of drug-likeness (QED) is 0.877. The first-order chi connectivity index (χ1) is 8.57. The minimum Gasteiger partial charge on any atom is -0.369 e. The molecule has 2 nitrogen and oxygen atoms in total. The highest BCUT2D eigenvalue weighted by molar-refractivity contribution is 5.82. The van der Waals surface area contributed by atoms with Crippen LogP contribution in [0.15, 0.2) is 30.3 Å².